The minimum absolute atomic E-state index is 0.0532. The zero-order chi connectivity index (χ0) is 33.3. The number of alkyl halides is 3. The molecule has 2 fully saturated rings. The molecule has 2 aliphatic heterocycles. The molecule has 0 spiro atoms. The van der Waals surface area contributed by atoms with Crippen molar-refractivity contribution in [1.29, 1.82) is 0 Å². The number of likely N-dealkylation sites (tertiary alicyclic amines) is 1. The van der Waals surface area contributed by atoms with Gasteiger partial charge in [-0.15, -0.1) is 13.2 Å². The highest BCUT2D eigenvalue weighted by molar-refractivity contribution is 6.31. The number of carbonyl (C=O) groups excluding carboxylic acids is 2. The zero-order valence-corrected chi connectivity index (χ0v) is 27.0. The maximum Gasteiger partial charge on any atom is 0.573 e. The van der Waals surface area contributed by atoms with Crippen molar-refractivity contribution >= 4 is 23.6 Å². The van der Waals surface area contributed by atoms with Crippen LogP contribution in [0.1, 0.15) is 57.5 Å². The van der Waals surface area contributed by atoms with Crippen molar-refractivity contribution in [2.75, 3.05) is 13.7 Å². The monoisotopic (exact) mass is 662 g/mol. The molecular formula is C33H38ClF3N4O5. The van der Waals surface area contributed by atoms with Crippen LogP contribution in [0.3, 0.4) is 0 Å². The third kappa shape index (κ3) is 7.60. The molecule has 2 N–H and O–H groups in total. The quantitative estimate of drug-likeness (QED) is 0.272. The smallest absolute Gasteiger partial charge is 0.453 e. The lowest BCUT2D eigenvalue weighted by molar-refractivity contribution is -0.274. The summed E-state index contributed by atoms with van der Waals surface area (Å²) in [5, 5.41) is 3.12. The van der Waals surface area contributed by atoms with Crippen LogP contribution in [-0.2, 0) is 14.3 Å². The number of imidazole rings is 1. The number of nitrogens with zero attached hydrogens (tertiary/aromatic N) is 2. The molecule has 6 atom stereocenters. The van der Waals surface area contributed by atoms with Gasteiger partial charge in [-0.05, 0) is 80.7 Å². The van der Waals surface area contributed by atoms with Crippen LogP contribution in [0.2, 0.25) is 5.02 Å². The standard InChI is InChI=1S/C33H38ClF3N4O5/c1-17-10-27(41(16-17)31(42)29(40-32(43)44-5)23-12-19(3)45-20(4)13-23)30-38-15-26(39-30)22-8-6-21(7-9-22)24-14-25(34)18(2)11-28(24)46-33(35,36)37/h6-9,11,14-15,17,19-20,23,27,29H,10,12-13,16H2,1-5H3,(H,38,39)(H,40,43)/t17?,19-,20?,23?,27?,29?/m0/s1. The van der Waals surface area contributed by atoms with Gasteiger partial charge in [0, 0.05) is 17.1 Å². The number of aromatic amines is 1. The van der Waals surface area contributed by atoms with Gasteiger partial charge < -0.3 is 29.4 Å². The van der Waals surface area contributed by atoms with Gasteiger partial charge in [0.15, 0.2) is 0 Å². The van der Waals surface area contributed by atoms with Gasteiger partial charge in [-0.25, -0.2) is 9.78 Å². The maximum absolute atomic E-state index is 14.1. The molecule has 46 heavy (non-hydrogen) atoms. The number of hydrogen-bond donors (Lipinski definition) is 2. The van der Waals surface area contributed by atoms with Gasteiger partial charge in [0.1, 0.15) is 17.6 Å². The molecule has 9 nitrogen and oxygen atoms in total. The second-order valence-corrected chi connectivity index (χ2v) is 12.8. The SMILES string of the molecule is COC(=O)NC(C(=O)N1CC(C)CC1c1ncc(-c2ccc(-c3cc(Cl)c(C)cc3OC(F)(F)F)cc2)[nH]1)C1CC(C)O[C@@H](C)C1. The second-order valence-electron chi connectivity index (χ2n) is 12.4. The fraction of sp³-hybridized carbons (Fsp3) is 0.485. The van der Waals surface area contributed by atoms with Crippen molar-refractivity contribution in [2.45, 2.75) is 77.6 Å². The first-order valence-electron chi connectivity index (χ1n) is 15.2. The van der Waals surface area contributed by atoms with Crippen molar-refractivity contribution in [3.8, 4) is 28.1 Å². The largest absolute Gasteiger partial charge is 0.573 e. The number of rotatable bonds is 7. The Morgan fingerprint density at radius 2 is 1.74 bits per heavy atom. The first-order chi connectivity index (χ1) is 21.7. The molecule has 1 aromatic heterocycles. The third-order valence-electron chi connectivity index (χ3n) is 8.63. The number of ether oxygens (including phenoxy) is 3. The lowest BCUT2D eigenvalue weighted by Crippen LogP contribution is -2.54. The summed E-state index contributed by atoms with van der Waals surface area (Å²) in [5.74, 6) is 0.145. The topological polar surface area (TPSA) is 106 Å². The van der Waals surface area contributed by atoms with Crippen molar-refractivity contribution in [3.63, 3.8) is 0 Å². The van der Waals surface area contributed by atoms with E-state index in [1.807, 2.05) is 13.8 Å². The first-order valence-corrected chi connectivity index (χ1v) is 15.6. The van der Waals surface area contributed by atoms with Gasteiger partial charge in [-0.1, -0.05) is 42.8 Å². The van der Waals surface area contributed by atoms with E-state index in [4.69, 9.17) is 21.1 Å². The van der Waals surface area contributed by atoms with Crippen LogP contribution in [0.15, 0.2) is 42.6 Å². The van der Waals surface area contributed by atoms with Crippen molar-refractivity contribution in [1.82, 2.24) is 20.2 Å². The Labute approximate surface area is 270 Å². The molecule has 0 saturated carbocycles. The fourth-order valence-corrected chi connectivity index (χ4v) is 6.76. The van der Waals surface area contributed by atoms with Crippen molar-refractivity contribution < 1.29 is 37.0 Å². The molecule has 5 unspecified atom stereocenters. The van der Waals surface area contributed by atoms with E-state index < -0.39 is 18.5 Å². The molecule has 248 valence electrons. The number of methoxy groups -OCH3 is 1. The van der Waals surface area contributed by atoms with E-state index in [1.165, 1.54) is 19.2 Å². The molecule has 3 heterocycles. The molecule has 5 rings (SSSR count). The number of halogens is 4. The summed E-state index contributed by atoms with van der Waals surface area (Å²) in [6.45, 7) is 8.10. The molecule has 2 aromatic carbocycles. The average Bonchev–Trinajstić information content (AvgIpc) is 3.63. The Morgan fingerprint density at radius 3 is 2.37 bits per heavy atom. The molecule has 3 aromatic rings. The normalized spacial score (nSPS) is 24.0. The predicted octanol–water partition coefficient (Wildman–Crippen LogP) is 7.44. The molecule has 0 bridgehead atoms. The zero-order valence-electron chi connectivity index (χ0n) is 26.3. The highest BCUT2D eigenvalue weighted by atomic mass is 35.5. The summed E-state index contributed by atoms with van der Waals surface area (Å²) in [5.41, 5.74) is 2.59. The van der Waals surface area contributed by atoms with Crippen LogP contribution in [0.25, 0.3) is 22.4 Å². The maximum atomic E-state index is 14.1. The summed E-state index contributed by atoms with van der Waals surface area (Å²) in [6.07, 6.45) is -2.03. The van der Waals surface area contributed by atoms with E-state index in [0.717, 1.165) is 5.56 Å². The van der Waals surface area contributed by atoms with Gasteiger partial charge >= 0.3 is 12.5 Å². The number of hydrogen-bond acceptors (Lipinski definition) is 6. The van der Waals surface area contributed by atoms with Crippen LogP contribution < -0.4 is 10.1 Å². The Morgan fingerprint density at radius 1 is 1.09 bits per heavy atom. The molecule has 13 heteroatoms. The van der Waals surface area contributed by atoms with E-state index in [9.17, 15) is 22.8 Å². The summed E-state index contributed by atoms with van der Waals surface area (Å²) < 4.78 is 54.4. The van der Waals surface area contributed by atoms with Gasteiger partial charge in [0.2, 0.25) is 5.91 Å². The summed E-state index contributed by atoms with van der Waals surface area (Å²) in [7, 11) is 1.27. The van der Waals surface area contributed by atoms with Crippen molar-refractivity contribution in [2.24, 2.45) is 11.8 Å². The summed E-state index contributed by atoms with van der Waals surface area (Å²) >= 11 is 6.24. The number of carbonyl (C=O) groups is 2. The number of nitrogens with one attached hydrogen (secondary N) is 2. The van der Waals surface area contributed by atoms with Crippen LogP contribution in [0, 0.1) is 18.8 Å². The second kappa shape index (κ2) is 13.5. The molecule has 2 saturated heterocycles. The average molecular weight is 663 g/mol. The Hall–Kier alpha value is -3.77. The number of amides is 2. The van der Waals surface area contributed by atoms with E-state index in [1.54, 1.807) is 42.3 Å². The van der Waals surface area contributed by atoms with Crippen LogP contribution >= 0.6 is 11.6 Å². The number of benzene rings is 2. The Bertz CT molecular complexity index is 1550. The predicted molar refractivity (Wildman–Crippen MR) is 166 cm³/mol. The number of alkyl carbamates (subject to hydrolysis) is 1. The van der Waals surface area contributed by atoms with Gasteiger partial charge in [0.25, 0.3) is 0 Å². The lowest BCUT2D eigenvalue weighted by atomic mass is 9.85. The minimum Gasteiger partial charge on any atom is -0.453 e. The molecular weight excluding hydrogens is 625 g/mol. The highest BCUT2D eigenvalue weighted by Crippen LogP contribution is 2.40. The van der Waals surface area contributed by atoms with E-state index in [0.29, 0.717) is 53.5 Å². The molecule has 2 amide bonds. The van der Waals surface area contributed by atoms with Gasteiger partial charge in [-0.3, -0.25) is 4.79 Å². The third-order valence-corrected chi connectivity index (χ3v) is 9.04. The minimum atomic E-state index is -4.86. The van der Waals surface area contributed by atoms with Gasteiger partial charge in [-0.2, -0.15) is 0 Å². The summed E-state index contributed by atoms with van der Waals surface area (Å²) in [6, 6.07) is 8.51. The molecule has 0 radical (unpaired) electrons. The highest BCUT2D eigenvalue weighted by Gasteiger charge is 2.43. The number of aromatic nitrogens is 2. The fourth-order valence-electron chi connectivity index (χ4n) is 6.60. The summed E-state index contributed by atoms with van der Waals surface area (Å²) in [4.78, 5) is 36.2. The number of H-pyrrole nitrogens is 1. The number of aryl methyl sites for hydroxylation is 1. The first kappa shape index (κ1) is 33.6. The lowest BCUT2D eigenvalue weighted by Gasteiger charge is -2.38. The Balaban J connectivity index is 1.38. The molecule has 0 aliphatic carbocycles. The molecule has 2 aliphatic rings. The van der Waals surface area contributed by atoms with Crippen molar-refractivity contribution in [3.05, 3.63) is 59.0 Å². The van der Waals surface area contributed by atoms with Crippen LogP contribution in [0.4, 0.5) is 18.0 Å². The van der Waals surface area contributed by atoms with Gasteiger partial charge in [0.05, 0.1) is 37.3 Å². The van der Waals surface area contributed by atoms with E-state index >= 15 is 0 Å². The van der Waals surface area contributed by atoms with E-state index in [-0.39, 0.29) is 47.3 Å². The van der Waals surface area contributed by atoms with E-state index in [2.05, 4.69) is 26.9 Å². The van der Waals surface area contributed by atoms with Crippen LogP contribution in [-0.4, -0.2) is 65.1 Å². The Kier molecular flexibility index (Phi) is 9.88. The van der Waals surface area contributed by atoms with Crippen LogP contribution in [0.5, 0.6) is 5.75 Å².